The third-order valence-electron chi connectivity index (χ3n) is 2.93. The number of aliphatic carboxylic acids is 1. The lowest BCUT2D eigenvalue weighted by atomic mass is 9.97. The zero-order valence-electron chi connectivity index (χ0n) is 8.79. The van der Waals surface area contributed by atoms with E-state index in [1.807, 2.05) is 13.8 Å². The van der Waals surface area contributed by atoms with E-state index < -0.39 is 11.6 Å². The molecule has 0 spiro atoms. The van der Waals surface area contributed by atoms with E-state index in [4.69, 9.17) is 5.11 Å². The SMILES string of the molecule is CC(C)N1CCCC(F)(C(=O)O)CC1. The second kappa shape index (κ2) is 4.26. The van der Waals surface area contributed by atoms with Gasteiger partial charge in [0.05, 0.1) is 0 Å². The van der Waals surface area contributed by atoms with Gasteiger partial charge in [-0.2, -0.15) is 0 Å². The summed E-state index contributed by atoms with van der Waals surface area (Å²) >= 11 is 0. The second-order valence-corrected chi connectivity index (χ2v) is 4.25. The van der Waals surface area contributed by atoms with Gasteiger partial charge in [0.15, 0.2) is 0 Å². The van der Waals surface area contributed by atoms with Crippen molar-refractivity contribution < 1.29 is 14.3 Å². The van der Waals surface area contributed by atoms with Gasteiger partial charge in [-0.1, -0.05) is 0 Å². The molecule has 14 heavy (non-hydrogen) atoms. The zero-order valence-corrected chi connectivity index (χ0v) is 8.79. The van der Waals surface area contributed by atoms with Crippen LogP contribution in [0.1, 0.15) is 33.1 Å². The average Bonchev–Trinajstić information content (AvgIpc) is 2.28. The lowest BCUT2D eigenvalue weighted by Crippen LogP contribution is -2.36. The maximum Gasteiger partial charge on any atom is 0.341 e. The molecule has 0 saturated carbocycles. The van der Waals surface area contributed by atoms with Crippen molar-refractivity contribution in [2.24, 2.45) is 0 Å². The van der Waals surface area contributed by atoms with E-state index in [9.17, 15) is 9.18 Å². The topological polar surface area (TPSA) is 40.5 Å². The molecular weight excluding hydrogens is 185 g/mol. The monoisotopic (exact) mass is 203 g/mol. The predicted molar refractivity (Wildman–Crippen MR) is 52.0 cm³/mol. The highest BCUT2D eigenvalue weighted by Gasteiger charge is 2.40. The van der Waals surface area contributed by atoms with Gasteiger partial charge in [0.25, 0.3) is 0 Å². The van der Waals surface area contributed by atoms with Crippen LogP contribution in [0.25, 0.3) is 0 Å². The Hall–Kier alpha value is -0.640. The zero-order chi connectivity index (χ0) is 10.8. The fourth-order valence-corrected chi connectivity index (χ4v) is 1.85. The lowest BCUT2D eigenvalue weighted by Gasteiger charge is -2.24. The van der Waals surface area contributed by atoms with Crippen molar-refractivity contribution in [3.05, 3.63) is 0 Å². The van der Waals surface area contributed by atoms with Gasteiger partial charge in [0.1, 0.15) is 0 Å². The number of halogens is 1. The number of carboxylic acid groups (broad SMARTS) is 1. The molecule has 3 nitrogen and oxygen atoms in total. The van der Waals surface area contributed by atoms with Crippen molar-refractivity contribution in [3.63, 3.8) is 0 Å². The Morgan fingerprint density at radius 1 is 1.43 bits per heavy atom. The summed E-state index contributed by atoms with van der Waals surface area (Å²) < 4.78 is 13.8. The average molecular weight is 203 g/mol. The summed E-state index contributed by atoms with van der Waals surface area (Å²) in [6.07, 6.45) is 0.882. The highest BCUT2D eigenvalue weighted by atomic mass is 19.1. The first kappa shape index (κ1) is 11.4. The Labute approximate surface area is 83.9 Å². The molecule has 1 heterocycles. The minimum absolute atomic E-state index is 0.112. The number of alkyl halides is 1. The molecule has 4 heteroatoms. The Bertz CT molecular complexity index is 220. The first-order valence-corrected chi connectivity index (χ1v) is 5.12. The summed E-state index contributed by atoms with van der Waals surface area (Å²) in [4.78, 5) is 12.8. The fraction of sp³-hybridized carbons (Fsp3) is 0.900. The van der Waals surface area contributed by atoms with Crippen LogP contribution < -0.4 is 0 Å². The van der Waals surface area contributed by atoms with Crippen LogP contribution in [0.2, 0.25) is 0 Å². The molecule has 1 atom stereocenters. The molecule has 1 aliphatic rings. The van der Waals surface area contributed by atoms with Gasteiger partial charge in [-0.3, -0.25) is 0 Å². The summed E-state index contributed by atoms with van der Waals surface area (Å²) in [5.74, 6) is -1.30. The molecule has 0 amide bonds. The van der Waals surface area contributed by atoms with Crippen LogP contribution in [0.15, 0.2) is 0 Å². The molecule has 1 N–H and O–H groups in total. The number of likely N-dealkylation sites (tertiary alicyclic amines) is 1. The summed E-state index contributed by atoms with van der Waals surface area (Å²) in [6, 6.07) is 0.367. The largest absolute Gasteiger partial charge is 0.479 e. The second-order valence-electron chi connectivity index (χ2n) is 4.25. The van der Waals surface area contributed by atoms with Gasteiger partial charge in [0.2, 0.25) is 5.67 Å². The van der Waals surface area contributed by atoms with E-state index in [1.165, 1.54) is 0 Å². The van der Waals surface area contributed by atoms with Crippen LogP contribution >= 0.6 is 0 Å². The van der Waals surface area contributed by atoms with E-state index >= 15 is 0 Å². The molecule has 1 fully saturated rings. The number of nitrogens with zero attached hydrogens (tertiary/aromatic N) is 1. The highest BCUT2D eigenvalue weighted by molar-refractivity contribution is 5.77. The van der Waals surface area contributed by atoms with Crippen molar-refractivity contribution in [2.75, 3.05) is 13.1 Å². The standard InChI is InChI=1S/C10H18FNO2/c1-8(2)12-6-3-4-10(11,5-7-12)9(13)14/h8H,3-7H2,1-2H3,(H,13,14). The Morgan fingerprint density at radius 3 is 2.57 bits per heavy atom. The quantitative estimate of drug-likeness (QED) is 0.742. The first-order valence-electron chi connectivity index (χ1n) is 5.12. The van der Waals surface area contributed by atoms with Gasteiger partial charge >= 0.3 is 5.97 Å². The number of rotatable bonds is 2. The van der Waals surface area contributed by atoms with Gasteiger partial charge in [-0.05, 0) is 33.2 Å². The summed E-state index contributed by atoms with van der Waals surface area (Å²) in [5, 5.41) is 8.75. The molecule has 1 unspecified atom stereocenters. The number of carboxylic acids is 1. The van der Waals surface area contributed by atoms with Gasteiger partial charge in [0, 0.05) is 19.0 Å². The molecule has 1 rings (SSSR count). The van der Waals surface area contributed by atoms with Gasteiger partial charge in [-0.25, -0.2) is 9.18 Å². The maximum absolute atomic E-state index is 13.8. The summed E-state index contributed by atoms with van der Waals surface area (Å²) in [6.45, 7) is 5.44. The molecule has 0 aliphatic carbocycles. The molecule has 0 aromatic carbocycles. The van der Waals surface area contributed by atoms with Gasteiger partial charge in [-0.15, -0.1) is 0 Å². The van der Waals surface area contributed by atoms with Crippen molar-refractivity contribution in [1.29, 1.82) is 0 Å². The Morgan fingerprint density at radius 2 is 2.07 bits per heavy atom. The Kier molecular flexibility index (Phi) is 3.48. The minimum atomic E-state index is -2.00. The van der Waals surface area contributed by atoms with E-state index in [1.54, 1.807) is 0 Å². The first-order chi connectivity index (χ1) is 6.46. The van der Waals surface area contributed by atoms with Crippen molar-refractivity contribution in [1.82, 2.24) is 4.90 Å². The smallest absolute Gasteiger partial charge is 0.341 e. The van der Waals surface area contributed by atoms with Crippen LogP contribution in [0.3, 0.4) is 0 Å². The summed E-state index contributed by atoms with van der Waals surface area (Å²) in [7, 11) is 0. The van der Waals surface area contributed by atoms with Crippen molar-refractivity contribution in [2.45, 2.75) is 44.8 Å². The van der Waals surface area contributed by atoms with Crippen molar-refractivity contribution in [3.8, 4) is 0 Å². The molecule has 0 aromatic heterocycles. The van der Waals surface area contributed by atoms with E-state index in [-0.39, 0.29) is 12.8 Å². The molecule has 0 radical (unpaired) electrons. The molecular formula is C10H18FNO2. The third-order valence-corrected chi connectivity index (χ3v) is 2.93. The van der Waals surface area contributed by atoms with E-state index in [0.717, 1.165) is 6.54 Å². The van der Waals surface area contributed by atoms with Crippen LogP contribution in [0, 0.1) is 0 Å². The van der Waals surface area contributed by atoms with Crippen LogP contribution in [0.5, 0.6) is 0 Å². The van der Waals surface area contributed by atoms with Crippen molar-refractivity contribution >= 4 is 5.97 Å². The molecule has 1 saturated heterocycles. The molecule has 0 bridgehead atoms. The highest BCUT2D eigenvalue weighted by Crippen LogP contribution is 2.27. The maximum atomic E-state index is 13.8. The molecule has 0 aromatic rings. The van der Waals surface area contributed by atoms with Crippen LogP contribution in [0.4, 0.5) is 4.39 Å². The Balaban J connectivity index is 2.61. The normalized spacial score (nSPS) is 30.3. The third kappa shape index (κ3) is 2.44. The fourth-order valence-electron chi connectivity index (χ4n) is 1.85. The molecule has 1 aliphatic heterocycles. The van der Waals surface area contributed by atoms with Gasteiger partial charge < -0.3 is 10.0 Å². The minimum Gasteiger partial charge on any atom is -0.479 e. The van der Waals surface area contributed by atoms with Crippen LogP contribution in [-0.4, -0.2) is 40.8 Å². The number of carbonyl (C=O) groups is 1. The number of hydrogen-bond acceptors (Lipinski definition) is 2. The molecule has 82 valence electrons. The lowest BCUT2D eigenvalue weighted by molar-refractivity contribution is -0.151. The van der Waals surface area contributed by atoms with E-state index in [0.29, 0.717) is 19.0 Å². The van der Waals surface area contributed by atoms with Crippen LogP contribution in [-0.2, 0) is 4.79 Å². The predicted octanol–water partition coefficient (Wildman–Crippen LogP) is 1.67. The number of hydrogen-bond donors (Lipinski definition) is 1. The van der Waals surface area contributed by atoms with E-state index in [2.05, 4.69) is 4.90 Å². The summed E-state index contributed by atoms with van der Waals surface area (Å²) in [5.41, 5.74) is -2.00.